The second-order valence-corrected chi connectivity index (χ2v) is 17.6. The zero-order valence-corrected chi connectivity index (χ0v) is 30.5. The number of hydrogen-bond donors (Lipinski definition) is 0. The lowest BCUT2D eigenvalue weighted by molar-refractivity contribution is 0.500. The normalized spacial score (nSPS) is 13.6. The Morgan fingerprint density at radius 1 is 0.561 bits per heavy atom. The van der Waals surface area contributed by atoms with E-state index in [1.165, 1.54) is 36.5 Å². The van der Waals surface area contributed by atoms with Gasteiger partial charge in [0, 0.05) is 55.1 Å². The average molecular weight is 596 g/mol. The Balaban J connectivity index is 0.000000274. The van der Waals surface area contributed by atoms with Crippen molar-refractivity contribution in [1.82, 2.24) is 9.97 Å². The zero-order valence-electron chi connectivity index (χ0n) is 28.9. The lowest BCUT2D eigenvalue weighted by atomic mass is 9.89. The zero-order chi connectivity index (χ0) is 31.8. The van der Waals surface area contributed by atoms with Crippen LogP contribution in [0.1, 0.15) is 127 Å². The number of aliphatic imine (C=N–C) groups is 1. The number of nitrogens with zero attached hydrogens (tertiary/aromatic N) is 3. The van der Waals surface area contributed by atoms with Gasteiger partial charge in [0.2, 0.25) is 0 Å². The second-order valence-electron chi connectivity index (χ2n) is 15.0. The van der Waals surface area contributed by atoms with Gasteiger partial charge in [0.1, 0.15) is 5.82 Å². The highest BCUT2D eigenvalue weighted by atomic mass is 32.1. The molecule has 0 amide bonds. The molecule has 5 heteroatoms. The summed E-state index contributed by atoms with van der Waals surface area (Å²) in [6.45, 7) is 34.8. The van der Waals surface area contributed by atoms with Crippen LogP contribution < -0.4 is 0 Å². The van der Waals surface area contributed by atoms with Gasteiger partial charge >= 0.3 is 0 Å². The van der Waals surface area contributed by atoms with Gasteiger partial charge in [-0.05, 0) is 73.8 Å². The summed E-state index contributed by atoms with van der Waals surface area (Å²) < 4.78 is 0. The standard InChI is InChI=1S/C9H14N2.C9H15N.2C9H14S/c1-7-10-5-8(6-11-7)9(2,3)4;3*1-7-5-6-8(10-7)9(2,3)4/h5-6H,1-4H3;6H,5H2,1-4H3;2*5-6H,1-4H3. The third-order valence-corrected chi connectivity index (χ3v) is 9.13. The fraction of sp³-hybridized carbons (Fsp3) is 0.583. The molecule has 3 nitrogen and oxygen atoms in total. The number of rotatable bonds is 0. The maximum absolute atomic E-state index is 4.44. The van der Waals surface area contributed by atoms with E-state index in [0.29, 0.717) is 10.8 Å². The van der Waals surface area contributed by atoms with Crippen LogP contribution in [0.4, 0.5) is 0 Å². The molecule has 4 rings (SSSR count). The van der Waals surface area contributed by atoms with Crippen molar-refractivity contribution in [2.24, 2.45) is 10.4 Å². The van der Waals surface area contributed by atoms with E-state index in [9.17, 15) is 0 Å². The summed E-state index contributed by atoms with van der Waals surface area (Å²) in [6, 6.07) is 8.82. The van der Waals surface area contributed by atoms with Gasteiger partial charge in [-0.2, -0.15) is 0 Å². The smallest absolute Gasteiger partial charge is 0.125 e. The Morgan fingerprint density at radius 2 is 0.976 bits per heavy atom. The van der Waals surface area contributed by atoms with Gasteiger partial charge < -0.3 is 0 Å². The molecule has 4 heterocycles. The van der Waals surface area contributed by atoms with Crippen molar-refractivity contribution in [3.8, 4) is 0 Å². The monoisotopic (exact) mass is 595 g/mol. The summed E-state index contributed by atoms with van der Waals surface area (Å²) in [4.78, 5) is 18.5. The van der Waals surface area contributed by atoms with E-state index in [1.807, 2.05) is 42.0 Å². The maximum atomic E-state index is 4.44. The molecule has 0 aromatic carbocycles. The highest BCUT2D eigenvalue weighted by Crippen LogP contribution is 2.30. The van der Waals surface area contributed by atoms with Gasteiger partial charge in [0.05, 0.1) is 0 Å². The minimum Gasteiger partial charge on any atom is -0.262 e. The molecule has 1 aliphatic rings. The molecule has 0 spiro atoms. The first-order chi connectivity index (χ1) is 18.5. The molecule has 0 aliphatic carbocycles. The Bertz CT molecular complexity index is 1210. The van der Waals surface area contributed by atoms with Gasteiger partial charge in [-0.3, -0.25) is 4.99 Å². The molecule has 0 N–H and O–H groups in total. The van der Waals surface area contributed by atoms with Crippen LogP contribution in [0.25, 0.3) is 0 Å². The molecule has 41 heavy (non-hydrogen) atoms. The number of thiophene rings is 2. The van der Waals surface area contributed by atoms with Crippen molar-refractivity contribution in [2.45, 2.75) is 133 Å². The van der Waals surface area contributed by atoms with E-state index in [1.54, 1.807) is 0 Å². The first-order valence-electron chi connectivity index (χ1n) is 14.7. The van der Waals surface area contributed by atoms with Crippen molar-refractivity contribution in [2.75, 3.05) is 0 Å². The molecule has 0 saturated carbocycles. The highest BCUT2D eigenvalue weighted by molar-refractivity contribution is 7.12. The van der Waals surface area contributed by atoms with Crippen molar-refractivity contribution < 1.29 is 0 Å². The minimum absolute atomic E-state index is 0.160. The van der Waals surface area contributed by atoms with E-state index in [0.717, 1.165) is 12.2 Å². The van der Waals surface area contributed by atoms with Gasteiger partial charge in [-0.15, -0.1) is 22.7 Å². The maximum Gasteiger partial charge on any atom is 0.125 e. The van der Waals surface area contributed by atoms with Crippen LogP contribution in [0, 0.1) is 26.2 Å². The first-order valence-corrected chi connectivity index (χ1v) is 16.3. The Labute approximate surface area is 260 Å². The number of allylic oxidation sites excluding steroid dienone is 2. The van der Waals surface area contributed by atoms with Crippen LogP contribution in [0.5, 0.6) is 0 Å². The molecule has 0 fully saturated rings. The van der Waals surface area contributed by atoms with E-state index in [4.69, 9.17) is 0 Å². The van der Waals surface area contributed by atoms with Crippen LogP contribution in [0.3, 0.4) is 0 Å². The van der Waals surface area contributed by atoms with Crippen molar-refractivity contribution in [3.63, 3.8) is 0 Å². The van der Waals surface area contributed by atoms with Crippen molar-refractivity contribution in [3.05, 3.63) is 79.3 Å². The highest BCUT2D eigenvalue weighted by Gasteiger charge is 2.19. The van der Waals surface area contributed by atoms with E-state index in [2.05, 4.69) is 149 Å². The lowest BCUT2D eigenvalue weighted by Crippen LogP contribution is -2.12. The Hall–Kier alpha value is -2.11. The van der Waals surface area contributed by atoms with Crippen LogP contribution >= 0.6 is 22.7 Å². The van der Waals surface area contributed by atoms with Crippen LogP contribution in [-0.2, 0) is 16.2 Å². The quantitative estimate of drug-likeness (QED) is 0.259. The largest absolute Gasteiger partial charge is 0.262 e. The lowest BCUT2D eigenvalue weighted by Gasteiger charge is -2.17. The Kier molecular flexibility index (Phi) is 13.4. The third kappa shape index (κ3) is 14.1. The average Bonchev–Trinajstić information content (AvgIpc) is 3.55. The minimum atomic E-state index is 0.160. The summed E-state index contributed by atoms with van der Waals surface area (Å²) in [5.74, 6) is 0.831. The molecule has 0 bridgehead atoms. The summed E-state index contributed by atoms with van der Waals surface area (Å²) in [6.07, 6.45) is 7.05. The van der Waals surface area contributed by atoms with Crippen molar-refractivity contribution >= 4 is 28.4 Å². The molecular weight excluding hydrogens is 539 g/mol. The van der Waals surface area contributed by atoms with Gasteiger partial charge in [-0.25, -0.2) is 9.97 Å². The molecule has 0 radical (unpaired) electrons. The number of aryl methyl sites for hydroxylation is 3. The van der Waals surface area contributed by atoms with Crippen molar-refractivity contribution in [1.29, 1.82) is 0 Å². The predicted molar refractivity (Wildman–Crippen MR) is 186 cm³/mol. The van der Waals surface area contributed by atoms with Crippen LogP contribution in [0.2, 0.25) is 0 Å². The summed E-state index contributed by atoms with van der Waals surface area (Å²) in [5, 5.41) is 0. The molecule has 0 unspecified atom stereocenters. The molecule has 3 aromatic rings. The fourth-order valence-corrected chi connectivity index (χ4v) is 5.32. The molecule has 228 valence electrons. The third-order valence-electron chi connectivity index (χ3n) is 6.28. The van der Waals surface area contributed by atoms with E-state index < -0.39 is 0 Å². The number of hydrogen-bond acceptors (Lipinski definition) is 5. The van der Waals surface area contributed by atoms with E-state index >= 15 is 0 Å². The predicted octanol–water partition coefficient (Wildman–Crippen LogP) is 11.6. The Morgan fingerprint density at radius 3 is 1.17 bits per heavy atom. The van der Waals surface area contributed by atoms with Gasteiger partial charge in [0.25, 0.3) is 0 Å². The molecule has 0 saturated heterocycles. The molecular formula is C36H57N3S2. The van der Waals surface area contributed by atoms with Gasteiger partial charge in [-0.1, -0.05) is 89.2 Å². The topological polar surface area (TPSA) is 38.1 Å². The fourth-order valence-electron chi connectivity index (χ4n) is 3.47. The van der Waals surface area contributed by atoms with Crippen LogP contribution in [-0.4, -0.2) is 15.7 Å². The molecule has 1 aliphatic heterocycles. The summed E-state index contributed by atoms with van der Waals surface area (Å²) >= 11 is 3.79. The van der Waals surface area contributed by atoms with Gasteiger partial charge in [0.15, 0.2) is 0 Å². The molecule has 0 atom stereocenters. The summed E-state index contributed by atoms with van der Waals surface area (Å²) in [5.41, 5.74) is 4.72. The summed E-state index contributed by atoms with van der Waals surface area (Å²) in [7, 11) is 0. The first kappa shape index (κ1) is 36.9. The number of aromatic nitrogens is 2. The SMILES string of the molecule is CC1=NC(C(C)(C)C)=CC1.Cc1ccc(C(C)(C)C)s1.Cc1ccc(C(C)(C)C)s1.Cc1ncc(C(C)(C)C)cn1. The second kappa shape index (κ2) is 14.9. The van der Waals surface area contributed by atoms with Crippen LogP contribution in [0.15, 0.2) is 53.4 Å². The van der Waals surface area contributed by atoms with E-state index in [-0.39, 0.29) is 10.8 Å². The molecule has 3 aromatic heterocycles.